The number of carbonyl (C=O) groups is 3. The van der Waals surface area contributed by atoms with Crippen LogP contribution in [0.15, 0.2) is 0 Å². The lowest BCUT2D eigenvalue weighted by Gasteiger charge is -2.32. The van der Waals surface area contributed by atoms with Crippen molar-refractivity contribution in [1.29, 1.82) is 0 Å². The number of urea groups is 1. The number of nitrogens with one attached hydrogen (secondary N) is 1. The molecule has 1 saturated heterocycles. The zero-order chi connectivity index (χ0) is 10.7. The fourth-order valence-electron chi connectivity index (χ4n) is 1.56. The van der Waals surface area contributed by atoms with Crippen molar-refractivity contribution in [2.24, 2.45) is 0 Å². The third kappa shape index (κ3) is 1.92. The Balaban J connectivity index is 2.74. The number of rotatable bonds is 3. The molecule has 1 N–H and O–H groups in total. The minimum Gasteiger partial charge on any atom is -0.314 e. The lowest BCUT2D eigenvalue weighted by molar-refractivity contribution is -0.139. The molecule has 1 rings (SSSR count). The van der Waals surface area contributed by atoms with Gasteiger partial charge in [-0.3, -0.25) is 14.9 Å². The molecule has 5 nitrogen and oxygen atoms in total. The van der Waals surface area contributed by atoms with E-state index in [1.54, 1.807) is 0 Å². The molecule has 0 spiro atoms. The highest BCUT2D eigenvalue weighted by atomic mass is 16.2. The van der Waals surface area contributed by atoms with Gasteiger partial charge < -0.3 is 4.90 Å². The smallest absolute Gasteiger partial charge is 0.314 e. The van der Waals surface area contributed by atoms with E-state index in [4.69, 9.17) is 0 Å². The second-order valence-corrected chi connectivity index (χ2v) is 3.28. The van der Waals surface area contributed by atoms with Gasteiger partial charge >= 0.3 is 6.03 Å². The Morgan fingerprint density at radius 2 is 1.86 bits per heavy atom. The van der Waals surface area contributed by atoms with Crippen molar-refractivity contribution in [3.05, 3.63) is 0 Å². The van der Waals surface area contributed by atoms with E-state index in [-0.39, 0.29) is 12.6 Å². The predicted molar refractivity (Wildman–Crippen MR) is 49.6 cm³/mol. The van der Waals surface area contributed by atoms with Gasteiger partial charge in [0, 0.05) is 6.04 Å². The standard InChI is InChI=1S/C9H14N2O3/c1-3-6(4-2)11-5-7(12)8(13)10-9(11)14/h6H,3-5H2,1-2H3,(H,10,13,14). The van der Waals surface area contributed by atoms with Crippen molar-refractivity contribution in [3.8, 4) is 0 Å². The molecule has 14 heavy (non-hydrogen) atoms. The van der Waals surface area contributed by atoms with Crippen LogP contribution in [0.25, 0.3) is 0 Å². The van der Waals surface area contributed by atoms with Crippen LogP contribution in [0.3, 0.4) is 0 Å². The summed E-state index contributed by atoms with van der Waals surface area (Å²) in [5.74, 6) is -1.34. The Bertz CT molecular complexity index is 271. The molecule has 0 aromatic rings. The average molecular weight is 198 g/mol. The van der Waals surface area contributed by atoms with Gasteiger partial charge in [-0.25, -0.2) is 4.79 Å². The first-order valence-electron chi connectivity index (χ1n) is 4.74. The number of carbonyl (C=O) groups excluding carboxylic acids is 3. The fraction of sp³-hybridized carbons (Fsp3) is 0.667. The van der Waals surface area contributed by atoms with Gasteiger partial charge in [-0.2, -0.15) is 0 Å². The van der Waals surface area contributed by atoms with E-state index in [1.807, 2.05) is 19.2 Å². The molecule has 1 aliphatic heterocycles. The van der Waals surface area contributed by atoms with E-state index in [0.717, 1.165) is 12.8 Å². The first kappa shape index (κ1) is 10.7. The van der Waals surface area contributed by atoms with Crippen molar-refractivity contribution in [2.45, 2.75) is 32.7 Å². The van der Waals surface area contributed by atoms with Crippen molar-refractivity contribution in [1.82, 2.24) is 10.2 Å². The summed E-state index contributed by atoms with van der Waals surface area (Å²) in [4.78, 5) is 34.7. The molecular weight excluding hydrogens is 184 g/mol. The topological polar surface area (TPSA) is 66.5 Å². The Hall–Kier alpha value is -1.39. The Morgan fingerprint density at radius 1 is 1.29 bits per heavy atom. The second kappa shape index (κ2) is 4.21. The zero-order valence-electron chi connectivity index (χ0n) is 8.37. The maximum atomic E-state index is 11.4. The van der Waals surface area contributed by atoms with Gasteiger partial charge in [0.05, 0.1) is 6.54 Å². The Labute approximate surface area is 82.4 Å². The minimum absolute atomic E-state index is 0.0343. The van der Waals surface area contributed by atoms with Crippen LogP contribution in [-0.4, -0.2) is 35.2 Å². The summed E-state index contributed by atoms with van der Waals surface area (Å²) in [6, 6.07) is -0.421. The fourth-order valence-corrected chi connectivity index (χ4v) is 1.56. The predicted octanol–water partition coefficient (Wildman–Crippen LogP) is 0.296. The zero-order valence-corrected chi connectivity index (χ0v) is 8.37. The van der Waals surface area contributed by atoms with Crippen LogP contribution in [-0.2, 0) is 9.59 Å². The molecule has 0 atom stereocenters. The average Bonchev–Trinajstić information content (AvgIpc) is 2.15. The highest BCUT2D eigenvalue weighted by Crippen LogP contribution is 2.10. The molecule has 0 aliphatic carbocycles. The maximum Gasteiger partial charge on any atom is 0.325 e. The summed E-state index contributed by atoms with van der Waals surface area (Å²) >= 11 is 0. The number of Topliss-reactive ketones (excluding diaryl/α,β-unsaturated/α-hetero) is 1. The van der Waals surface area contributed by atoms with Crippen LogP contribution < -0.4 is 5.32 Å². The summed E-state index contributed by atoms with van der Waals surface area (Å²) in [5.41, 5.74) is 0. The van der Waals surface area contributed by atoms with Gasteiger partial charge in [0.15, 0.2) is 0 Å². The maximum absolute atomic E-state index is 11.4. The number of nitrogens with zero attached hydrogens (tertiary/aromatic N) is 1. The Kier molecular flexibility index (Phi) is 3.22. The van der Waals surface area contributed by atoms with E-state index in [1.165, 1.54) is 4.90 Å². The molecule has 3 amide bonds. The number of hydrogen-bond donors (Lipinski definition) is 1. The van der Waals surface area contributed by atoms with Crippen LogP contribution in [0, 0.1) is 0 Å². The molecule has 1 fully saturated rings. The summed E-state index contributed by atoms with van der Waals surface area (Å²) < 4.78 is 0. The normalized spacial score (nSPS) is 17.6. The van der Waals surface area contributed by atoms with E-state index in [9.17, 15) is 14.4 Å². The highest BCUT2D eigenvalue weighted by Gasteiger charge is 2.33. The van der Waals surface area contributed by atoms with Gasteiger partial charge in [-0.1, -0.05) is 13.8 Å². The van der Waals surface area contributed by atoms with Crippen molar-refractivity contribution in [2.75, 3.05) is 6.54 Å². The molecule has 0 unspecified atom stereocenters. The van der Waals surface area contributed by atoms with Gasteiger partial charge in [0.25, 0.3) is 5.91 Å². The van der Waals surface area contributed by atoms with Crippen LogP contribution >= 0.6 is 0 Å². The van der Waals surface area contributed by atoms with E-state index in [0.29, 0.717) is 0 Å². The first-order valence-corrected chi connectivity index (χ1v) is 4.74. The second-order valence-electron chi connectivity index (χ2n) is 3.28. The lowest BCUT2D eigenvalue weighted by atomic mass is 10.1. The summed E-state index contributed by atoms with van der Waals surface area (Å²) in [7, 11) is 0. The molecule has 1 heterocycles. The van der Waals surface area contributed by atoms with Gasteiger partial charge in [0.2, 0.25) is 5.78 Å². The SMILES string of the molecule is CCC(CC)N1CC(=O)C(=O)NC1=O. The Morgan fingerprint density at radius 3 is 2.36 bits per heavy atom. The number of amides is 3. The number of imide groups is 1. The lowest BCUT2D eigenvalue weighted by Crippen LogP contribution is -2.57. The molecule has 1 aliphatic rings. The minimum atomic E-state index is -0.794. The van der Waals surface area contributed by atoms with Crippen LogP contribution in [0.1, 0.15) is 26.7 Å². The summed E-state index contributed by atoms with van der Waals surface area (Å²) in [5, 5.41) is 2.03. The molecule has 5 heteroatoms. The molecule has 0 bridgehead atoms. The molecular formula is C9H14N2O3. The third-order valence-corrected chi connectivity index (χ3v) is 2.43. The van der Waals surface area contributed by atoms with Gasteiger partial charge in [-0.15, -0.1) is 0 Å². The quantitative estimate of drug-likeness (QED) is 0.663. The largest absolute Gasteiger partial charge is 0.325 e. The van der Waals surface area contributed by atoms with Crippen LogP contribution in [0.5, 0.6) is 0 Å². The van der Waals surface area contributed by atoms with Crippen LogP contribution in [0.4, 0.5) is 4.79 Å². The van der Waals surface area contributed by atoms with Crippen molar-refractivity contribution >= 4 is 17.7 Å². The molecule has 78 valence electrons. The summed E-state index contributed by atoms with van der Waals surface area (Å²) in [6.45, 7) is 3.81. The van der Waals surface area contributed by atoms with Crippen molar-refractivity contribution in [3.63, 3.8) is 0 Å². The highest BCUT2D eigenvalue weighted by molar-refractivity contribution is 6.41. The number of ketones is 1. The van der Waals surface area contributed by atoms with E-state index < -0.39 is 17.7 Å². The molecule has 0 aromatic carbocycles. The third-order valence-electron chi connectivity index (χ3n) is 2.43. The van der Waals surface area contributed by atoms with Gasteiger partial charge in [0.1, 0.15) is 0 Å². The van der Waals surface area contributed by atoms with E-state index >= 15 is 0 Å². The number of hydrogen-bond acceptors (Lipinski definition) is 3. The van der Waals surface area contributed by atoms with Crippen LogP contribution in [0.2, 0.25) is 0 Å². The van der Waals surface area contributed by atoms with Gasteiger partial charge in [-0.05, 0) is 12.8 Å². The molecule has 0 saturated carbocycles. The molecule has 0 aromatic heterocycles. The monoisotopic (exact) mass is 198 g/mol. The molecule has 0 radical (unpaired) electrons. The van der Waals surface area contributed by atoms with Crippen molar-refractivity contribution < 1.29 is 14.4 Å². The van der Waals surface area contributed by atoms with E-state index in [2.05, 4.69) is 0 Å². The first-order chi connectivity index (χ1) is 6.60. The summed E-state index contributed by atoms with van der Waals surface area (Å²) in [6.07, 6.45) is 1.57.